The highest BCUT2D eigenvalue weighted by Crippen LogP contribution is 2.41. The molecule has 1 aromatic carbocycles. The van der Waals surface area contributed by atoms with E-state index in [1.165, 1.54) is 11.3 Å². The van der Waals surface area contributed by atoms with Crippen molar-refractivity contribution in [3.63, 3.8) is 0 Å². The quantitative estimate of drug-likeness (QED) is 0.732. The van der Waals surface area contributed by atoms with E-state index in [0.29, 0.717) is 17.4 Å². The van der Waals surface area contributed by atoms with Crippen molar-refractivity contribution in [1.29, 1.82) is 0 Å². The molecule has 7 heteroatoms. The summed E-state index contributed by atoms with van der Waals surface area (Å²) in [6, 6.07) is 10.6. The van der Waals surface area contributed by atoms with Crippen LogP contribution < -0.4 is 4.72 Å². The fourth-order valence-electron chi connectivity index (χ4n) is 2.43. The van der Waals surface area contributed by atoms with Crippen LogP contribution in [0, 0.1) is 6.92 Å². The maximum atomic E-state index is 12.5. The number of hydrogen-bond acceptors (Lipinski definition) is 5. The zero-order valence-corrected chi connectivity index (χ0v) is 14.7. The van der Waals surface area contributed by atoms with Crippen LogP contribution in [0.2, 0.25) is 0 Å². The molecule has 0 saturated heterocycles. The zero-order chi connectivity index (χ0) is 16.7. The second kappa shape index (κ2) is 5.75. The van der Waals surface area contributed by atoms with E-state index in [2.05, 4.69) is 9.71 Å². The van der Waals surface area contributed by atoms with Crippen molar-refractivity contribution in [3.8, 4) is 10.6 Å². The number of aryl methyl sites for hydroxylation is 1. The molecule has 1 saturated carbocycles. The molecule has 0 spiro atoms. The van der Waals surface area contributed by atoms with Gasteiger partial charge >= 0.3 is 0 Å². The number of sulfonamides is 1. The average Bonchev–Trinajstić information content (AvgIpc) is 3.07. The molecule has 0 atom stereocenters. The van der Waals surface area contributed by atoms with E-state index in [4.69, 9.17) is 4.42 Å². The van der Waals surface area contributed by atoms with Crippen molar-refractivity contribution in [3.05, 3.63) is 54.0 Å². The molecular formula is C17H16N2O3S2. The minimum atomic E-state index is -3.61. The third-order valence-electron chi connectivity index (χ3n) is 3.81. The summed E-state index contributed by atoms with van der Waals surface area (Å²) in [7, 11) is -3.61. The molecule has 1 fully saturated rings. The van der Waals surface area contributed by atoms with Crippen LogP contribution in [0.25, 0.3) is 10.6 Å². The Morgan fingerprint density at radius 3 is 2.83 bits per heavy atom. The lowest BCUT2D eigenvalue weighted by molar-refractivity contribution is 0.510. The van der Waals surface area contributed by atoms with Crippen molar-refractivity contribution in [2.75, 3.05) is 4.72 Å². The Morgan fingerprint density at radius 2 is 2.08 bits per heavy atom. The van der Waals surface area contributed by atoms with Crippen LogP contribution in [0.3, 0.4) is 0 Å². The number of nitrogens with one attached hydrogen (secondary N) is 1. The largest absolute Gasteiger partial charge is 0.440 e. The standard InChI is InChI=1S/C17H16N2O3S2/c1-11-3-2-4-13(9-11)19-24(20,21)16-8-7-15(23-16)14-10-18-17(22-14)12-5-6-12/h2-4,7-10,12,19H,5-6H2,1H3. The number of benzene rings is 1. The van der Waals surface area contributed by atoms with E-state index >= 15 is 0 Å². The number of hydrogen-bond donors (Lipinski definition) is 1. The van der Waals surface area contributed by atoms with Gasteiger partial charge in [-0.25, -0.2) is 13.4 Å². The first kappa shape index (κ1) is 15.4. The van der Waals surface area contributed by atoms with Gasteiger partial charge in [0.25, 0.3) is 10.0 Å². The zero-order valence-electron chi connectivity index (χ0n) is 13.0. The summed E-state index contributed by atoms with van der Waals surface area (Å²) in [5.41, 5.74) is 1.55. The van der Waals surface area contributed by atoms with E-state index < -0.39 is 10.0 Å². The SMILES string of the molecule is Cc1cccc(NS(=O)(=O)c2ccc(-c3cnc(C4CC4)o3)s2)c1. The van der Waals surface area contributed by atoms with E-state index in [1.807, 2.05) is 19.1 Å². The van der Waals surface area contributed by atoms with Crippen molar-refractivity contribution < 1.29 is 12.8 Å². The highest BCUT2D eigenvalue weighted by atomic mass is 32.2. The molecule has 24 heavy (non-hydrogen) atoms. The summed E-state index contributed by atoms with van der Waals surface area (Å²) in [6.07, 6.45) is 3.90. The molecule has 1 N–H and O–H groups in total. The summed E-state index contributed by atoms with van der Waals surface area (Å²) in [6.45, 7) is 1.92. The maximum Gasteiger partial charge on any atom is 0.271 e. The first-order valence-corrected chi connectivity index (χ1v) is 9.97. The Kier molecular flexibility index (Phi) is 3.69. The highest BCUT2D eigenvalue weighted by Gasteiger charge is 2.29. The Labute approximate surface area is 144 Å². The van der Waals surface area contributed by atoms with Crippen molar-refractivity contribution in [2.24, 2.45) is 0 Å². The van der Waals surface area contributed by atoms with Gasteiger partial charge in [-0.2, -0.15) is 0 Å². The van der Waals surface area contributed by atoms with Gasteiger partial charge in [-0.1, -0.05) is 12.1 Å². The van der Waals surface area contributed by atoms with E-state index in [-0.39, 0.29) is 4.21 Å². The number of rotatable bonds is 5. The Hall–Kier alpha value is -2.12. The summed E-state index contributed by atoms with van der Waals surface area (Å²) < 4.78 is 33.7. The molecule has 0 aliphatic heterocycles. The lowest BCUT2D eigenvalue weighted by Crippen LogP contribution is -2.11. The van der Waals surface area contributed by atoms with Crippen LogP contribution in [-0.4, -0.2) is 13.4 Å². The number of oxazole rings is 1. The summed E-state index contributed by atoms with van der Waals surface area (Å²) in [4.78, 5) is 5.04. The van der Waals surface area contributed by atoms with Crippen LogP contribution in [0.15, 0.2) is 51.2 Å². The number of anilines is 1. The second-order valence-corrected chi connectivity index (χ2v) is 8.92. The third kappa shape index (κ3) is 3.09. The van der Waals surface area contributed by atoms with Gasteiger partial charge in [0.15, 0.2) is 11.7 Å². The van der Waals surface area contributed by atoms with Crippen LogP contribution in [0.4, 0.5) is 5.69 Å². The van der Waals surface area contributed by atoms with Crippen molar-refractivity contribution >= 4 is 27.0 Å². The monoisotopic (exact) mass is 360 g/mol. The molecule has 0 unspecified atom stereocenters. The molecule has 3 aromatic rings. The van der Waals surface area contributed by atoms with Crippen LogP contribution in [0.1, 0.15) is 30.2 Å². The van der Waals surface area contributed by atoms with Crippen molar-refractivity contribution in [2.45, 2.75) is 29.9 Å². The van der Waals surface area contributed by atoms with Crippen LogP contribution >= 0.6 is 11.3 Å². The van der Waals surface area contributed by atoms with Crippen LogP contribution in [0.5, 0.6) is 0 Å². The topological polar surface area (TPSA) is 72.2 Å². The molecule has 5 nitrogen and oxygen atoms in total. The highest BCUT2D eigenvalue weighted by molar-refractivity contribution is 7.94. The van der Waals surface area contributed by atoms with Gasteiger partial charge in [-0.3, -0.25) is 4.72 Å². The van der Waals surface area contributed by atoms with Gasteiger partial charge in [0.05, 0.1) is 11.1 Å². The first-order chi connectivity index (χ1) is 11.5. The van der Waals surface area contributed by atoms with Gasteiger partial charge in [0.1, 0.15) is 4.21 Å². The van der Waals surface area contributed by atoms with Gasteiger partial charge in [-0.15, -0.1) is 11.3 Å². The lowest BCUT2D eigenvalue weighted by atomic mass is 10.2. The Morgan fingerprint density at radius 1 is 1.25 bits per heavy atom. The molecule has 2 aromatic heterocycles. The summed E-state index contributed by atoms with van der Waals surface area (Å²) in [5.74, 6) is 1.81. The predicted molar refractivity (Wildman–Crippen MR) is 93.8 cm³/mol. The average molecular weight is 360 g/mol. The maximum absolute atomic E-state index is 12.5. The van der Waals surface area contributed by atoms with Crippen LogP contribution in [-0.2, 0) is 10.0 Å². The number of thiophene rings is 1. The van der Waals surface area contributed by atoms with Gasteiger partial charge in [0.2, 0.25) is 0 Å². The second-order valence-electron chi connectivity index (χ2n) is 5.93. The predicted octanol–water partition coefficient (Wildman–Crippen LogP) is 4.39. The molecular weight excluding hydrogens is 344 g/mol. The third-order valence-corrected chi connectivity index (χ3v) is 6.78. The first-order valence-electron chi connectivity index (χ1n) is 7.67. The minimum Gasteiger partial charge on any atom is -0.440 e. The number of nitrogens with zero attached hydrogens (tertiary/aromatic N) is 1. The van der Waals surface area contributed by atoms with E-state index in [9.17, 15) is 8.42 Å². The molecule has 1 aliphatic carbocycles. The van der Waals surface area contributed by atoms with Gasteiger partial charge in [0, 0.05) is 11.6 Å². The molecule has 1 aliphatic rings. The fourth-order valence-corrected chi connectivity index (χ4v) is 4.73. The molecule has 0 radical (unpaired) electrons. The smallest absolute Gasteiger partial charge is 0.271 e. The normalized spacial score (nSPS) is 14.7. The number of aromatic nitrogens is 1. The molecule has 124 valence electrons. The lowest BCUT2D eigenvalue weighted by Gasteiger charge is -2.06. The Balaban J connectivity index is 1.58. The van der Waals surface area contributed by atoms with Gasteiger partial charge in [-0.05, 0) is 49.6 Å². The fraction of sp³-hybridized carbons (Fsp3) is 0.235. The Bertz CT molecular complexity index is 985. The summed E-state index contributed by atoms with van der Waals surface area (Å²) >= 11 is 1.18. The van der Waals surface area contributed by atoms with Gasteiger partial charge < -0.3 is 4.42 Å². The molecule has 2 heterocycles. The van der Waals surface area contributed by atoms with E-state index in [1.54, 1.807) is 30.5 Å². The molecule has 4 rings (SSSR count). The molecule has 0 bridgehead atoms. The minimum absolute atomic E-state index is 0.253. The summed E-state index contributed by atoms with van der Waals surface area (Å²) in [5, 5.41) is 0. The van der Waals surface area contributed by atoms with E-state index in [0.717, 1.165) is 29.2 Å². The van der Waals surface area contributed by atoms with Crippen molar-refractivity contribution in [1.82, 2.24) is 4.98 Å². The molecule has 0 amide bonds.